The van der Waals surface area contributed by atoms with Crippen LogP contribution in [0.15, 0.2) is 82.0 Å². The lowest BCUT2D eigenvalue weighted by Gasteiger charge is -2.11. The molecule has 2 heterocycles. The van der Waals surface area contributed by atoms with E-state index in [9.17, 15) is 9.59 Å². The smallest absolute Gasteiger partial charge is 0.339 e. The Kier molecular flexibility index (Phi) is 6.39. The monoisotopic (exact) mass is 483 g/mol. The van der Waals surface area contributed by atoms with Crippen LogP contribution in [0.4, 0.5) is 17.6 Å². The maximum atomic E-state index is 12.0. The zero-order chi connectivity index (χ0) is 24.9. The van der Waals surface area contributed by atoms with Crippen molar-refractivity contribution >= 4 is 45.3 Å². The van der Waals surface area contributed by atoms with E-state index in [1.165, 1.54) is 6.07 Å². The molecule has 0 bridgehead atoms. The number of esters is 1. The molecule has 0 fully saturated rings. The first kappa shape index (κ1) is 22.8. The van der Waals surface area contributed by atoms with Crippen LogP contribution < -0.4 is 21.0 Å². The molecular formula is C26H21N5O5. The molecule has 0 saturated heterocycles. The molecule has 0 spiro atoms. The van der Waals surface area contributed by atoms with Gasteiger partial charge in [0.15, 0.2) is 0 Å². The molecule has 10 heteroatoms. The summed E-state index contributed by atoms with van der Waals surface area (Å²) in [4.78, 5) is 36.8. The highest BCUT2D eigenvalue weighted by atomic mass is 16.5. The van der Waals surface area contributed by atoms with E-state index in [1.54, 1.807) is 31.2 Å². The average molecular weight is 483 g/mol. The standard InChI is InChI=1S/C26H21N5O5/c1-2-34-23(33)15-27-24-29-25(28-18-12-11-16-7-3-4-8-17(16)13-18)31-26(30-24)36-21-14-22(32)35-20-10-6-5-9-19(20)21/h3-14H,2,15H2,1H3,(H2,27,28,29,30,31). The highest BCUT2D eigenvalue weighted by Gasteiger charge is 2.14. The van der Waals surface area contributed by atoms with Crippen LogP contribution in [-0.2, 0) is 9.53 Å². The van der Waals surface area contributed by atoms with Gasteiger partial charge in [0.05, 0.1) is 18.1 Å². The van der Waals surface area contributed by atoms with Gasteiger partial charge in [-0.3, -0.25) is 4.79 Å². The summed E-state index contributed by atoms with van der Waals surface area (Å²) in [6.07, 6.45) is 0. The van der Waals surface area contributed by atoms with Crippen LogP contribution in [0.1, 0.15) is 6.92 Å². The zero-order valence-electron chi connectivity index (χ0n) is 19.2. The first-order chi connectivity index (χ1) is 17.6. The largest absolute Gasteiger partial charge is 0.465 e. The second-order valence-electron chi connectivity index (χ2n) is 7.64. The van der Waals surface area contributed by atoms with E-state index in [2.05, 4.69) is 25.6 Å². The van der Waals surface area contributed by atoms with Gasteiger partial charge in [-0.25, -0.2) is 4.79 Å². The fourth-order valence-electron chi connectivity index (χ4n) is 3.56. The molecule has 0 amide bonds. The van der Waals surface area contributed by atoms with Crippen LogP contribution in [0.2, 0.25) is 0 Å². The van der Waals surface area contributed by atoms with Crippen molar-refractivity contribution < 1.29 is 18.7 Å². The minimum absolute atomic E-state index is 0.0867. The number of hydrogen-bond acceptors (Lipinski definition) is 10. The number of fused-ring (bicyclic) bond motifs is 2. The van der Waals surface area contributed by atoms with Crippen LogP contribution in [0.25, 0.3) is 21.7 Å². The van der Waals surface area contributed by atoms with E-state index in [0.29, 0.717) is 11.0 Å². The topological polar surface area (TPSA) is 128 Å². The predicted octanol–water partition coefficient (Wildman–Crippen LogP) is 4.64. The third-order valence-corrected chi connectivity index (χ3v) is 5.13. The van der Waals surface area contributed by atoms with Crippen LogP contribution in [0.5, 0.6) is 11.8 Å². The lowest BCUT2D eigenvalue weighted by molar-refractivity contribution is -0.140. The summed E-state index contributed by atoms with van der Waals surface area (Å²) >= 11 is 0. The number of nitrogens with one attached hydrogen (secondary N) is 2. The Morgan fingerprint density at radius 1 is 0.917 bits per heavy atom. The Hall–Kier alpha value is -4.99. The summed E-state index contributed by atoms with van der Waals surface area (Å²) in [5.41, 5.74) is 0.533. The lowest BCUT2D eigenvalue weighted by Crippen LogP contribution is -2.18. The van der Waals surface area contributed by atoms with Crippen molar-refractivity contribution in [2.75, 3.05) is 23.8 Å². The van der Waals surface area contributed by atoms with Gasteiger partial charge in [0.25, 0.3) is 0 Å². The molecule has 0 unspecified atom stereocenters. The molecule has 5 aromatic rings. The second-order valence-corrected chi connectivity index (χ2v) is 7.64. The van der Waals surface area contributed by atoms with Crippen molar-refractivity contribution in [2.45, 2.75) is 6.92 Å². The van der Waals surface area contributed by atoms with Gasteiger partial charge in [0, 0.05) is 5.69 Å². The van der Waals surface area contributed by atoms with Gasteiger partial charge in [-0.15, -0.1) is 0 Å². The van der Waals surface area contributed by atoms with Gasteiger partial charge in [-0.1, -0.05) is 42.5 Å². The van der Waals surface area contributed by atoms with Gasteiger partial charge in [0.1, 0.15) is 17.9 Å². The Morgan fingerprint density at radius 2 is 1.69 bits per heavy atom. The van der Waals surface area contributed by atoms with E-state index in [1.807, 2.05) is 42.5 Å². The molecule has 0 radical (unpaired) electrons. The molecule has 0 aliphatic carbocycles. The van der Waals surface area contributed by atoms with Crippen molar-refractivity contribution in [1.82, 2.24) is 15.0 Å². The summed E-state index contributed by atoms with van der Waals surface area (Å²) in [5, 5.41) is 8.67. The van der Waals surface area contributed by atoms with Crippen molar-refractivity contribution in [2.24, 2.45) is 0 Å². The van der Waals surface area contributed by atoms with Gasteiger partial charge in [-0.2, -0.15) is 15.0 Å². The summed E-state index contributed by atoms with van der Waals surface area (Å²) in [6.45, 7) is 1.83. The van der Waals surface area contributed by atoms with Crippen LogP contribution >= 0.6 is 0 Å². The molecule has 5 rings (SSSR count). The number of hydrogen-bond donors (Lipinski definition) is 2. The van der Waals surface area contributed by atoms with Crippen LogP contribution in [-0.4, -0.2) is 34.1 Å². The third kappa shape index (κ3) is 5.22. The number of anilines is 3. The number of benzene rings is 3. The molecule has 0 aliphatic heterocycles. The fraction of sp³-hybridized carbons (Fsp3) is 0.115. The second kappa shape index (κ2) is 10.1. The van der Waals surface area contributed by atoms with E-state index < -0.39 is 11.6 Å². The first-order valence-corrected chi connectivity index (χ1v) is 11.2. The van der Waals surface area contributed by atoms with Gasteiger partial charge in [-0.05, 0) is 42.0 Å². The van der Waals surface area contributed by atoms with E-state index in [-0.39, 0.29) is 36.8 Å². The Morgan fingerprint density at radius 3 is 2.56 bits per heavy atom. The van der Waals surface area contributed by atoms with Crippen LogP contribution in [0, 0.1) is 0 Å². The van der Waals surface area contributed by atoms with Gasteiger partial charge < -0.3 is 24.5 Å². The minimum Gasteiger partial charge on any atom is -0.465 e. The minimum atomic E-state index is -0.576. The highest BCUT2D eigenvalue weighted by molar-refractivity contribution is 5.86. The molecule has 0 atom stereocenters. The summed E-state index contributed by atoms with van der Waals surface area (Å²) in [7, 11) is 0. The van der Waals surface area contributed by atoms with Crippen molar-refractivity contribution in [3.8, 4) is 11.8 Å². The summed E-state index contributed by atoms with van der Waals surface area (Å²) in [6, 6.07) is 21.9. The average Bonchev–Trinajstić information content (AvgIpc) is 2.87. The number of ether oxygens (including phenoxy) is 2. The number of nitrogens with zero attached hydrogens (tertiary/aromatic N) is 3. The third-order valence-electron chi connectivity index (χ3n) is 5.13. The van der Waals surface area contributed by atoms with Crippen molar-refractivity contribution in [3.05, 3.63) is 83.2 Å². The molecule has 2 N–H and O–H groups in total. The van der Waals surface area contributed by atoms with Gasteiger partial charge >= 0.3 is 17.6 Å². The number of carbonyl (C=O) groups excluding carboxylic acids is 1. The highest BCUT2D eigenvalue weighted by Crippen LogP contribution is 2.28. The number of carbonyl (C=O) groups is 1. The Bertz CT molecular complexity index is 1620. The zero-order valence-corrected chi connectivity index (χ0v) is 19.2. The normalized spacial score (nSPS) is 10.8. The lowest BCUT2D eigenvalue weighted by atomic mass is 10.1. The molecule has 3 aromatic carbocycles. The Labute approximate surface area is 204 Å². The molecule has 0 saturated carbocycles. The van der Waals surface area contributed by atoms with E-state index in [4.69, 9.17) is 13.9 Å². The maximum Gasteiger partial charge on any atom is 0.339 e. The fourth-order valence-corrected chi connectivity index (χ4v) is 3.56. The van der Waals surface area contributed by atoms with E-state index in [0.717, 1.165) is 16.5 Å². The van der Waals surface area contributed by atoms with Crippen LogP contribution in [0.3, 0.4) is 0 Å². The maximum absolute atomic E-state index is 12.0. The van der Waals surface area contributed by atoms with Crippen molar-refractivity contribution in [1.29, 1.82) is 0 Å². The quantitative estimate of drug-likeness (QED) is 0.238. The first-order valence-electron chi connectivity index (χ1n) is 11.2. The molecule has 2 aromatic heterocycles. The Balaban J connectivity index is 1.49. The molecule has 180 valence electrons. The summed E-state index contributed by atoms with van der Waals surface area (Å²) < 4.78 is 16.1. The predicted molar refractivity (Wildman–Crippen MR) is 135 cm³/mol. The molecule has 0 aliphatic rings. The van der Waals surface area contributed by atoms with E-state index >= 15 is 0 Å². The number of rotatable bonds is 8. The van der Waals surface area contributed by atoms with Crippen molar-refractivity contribution in [3.63, 3.8) is 0 Å². The molecule has 10 nitrogen and oxygen atoms in total. The SMILES string of the molecule is CCOC(=O)CNc1nc(Nc2ccc3ccccc3c2)nc(Oc2cc(=O)oc3ccccc23)n1. The molecule has 36 heavy (non-hydrogen) atoms. The molecular weight excluding hydrogens is 462 g/mol. The summed E-state index contributed by atoms with van der Waals surface area (Å²) in [5.74, 6) is 0.0228. The number of para-hydroxylation sites is 1. The van der Waals surface area contributed by atoms with Gasteiger partial charge in [0.2, 0.25) is 11.9 Å². The number of aromatic nitrogens is 3.